The Labute approximate surface area is 167 Å². The first-order chi connectivity index (χ1) is 11.6. The van der Waals surface area contributed by atoms with Gasteiger partial charge in [0.25, 0.3) is 0 Å². The Bertz CT molecular complexity index is 553. The van der Waals surface area contributed by atoms with E-state index >= 15 is 0 Å². The second kappa shape index (κ2) is 11.1. The third-order valence-corrected chi connectivity index (χ3v) is 4.85. The number of halogens is 2. The number of nitrogens with zero attached hydrogens (tertiary/aromatic N) is 1. The number of morpholine rings is 2. The van der Waals surface area contributed by atoms with E-state index in [9.17, 15) is 4.79 Å². The van der Waals surface area contributed by atoms with Crippen LogP contribution in [0.1, 0.15) is 25.5 Å². The van der Waals surface area contributed by atoms with Gasteiger partial charge in [0.1, 0.15) is 6.04 Å². The maximum Gasteiger partial charge on any atom is 0.244 e. The number of anilines is 1. The standard InChI is InChI=1S/C18H27N3O3.2ClH/c1-13(21-8-11-23-12-9-21)15-3-5-16(6-4-15)20-18(22)17-14(2)24-10-7-19-17;;/h3-6,13-14,17,19H,7-12H2,1-2H3,(H,20,22);2*1H/t13?,14-,17+;;/m1../s1. The Kier molecular flexibility index (Phi) is 9.85. The Balaban J connectivity index is 0.00000169. The predicted molar refractivity (Wildman–Crippen MR) is 108 cm³/mol. The van der Waals surface area contributed by atoms with E-state index in [2.05, 4.69) is 34.6 Å². The van der Waals surface area contributed by atoms with Gasteiger partial charge >= 0.3 is 0 Å². The molecule has 0 saturated carbocycles. The lowest BCUT2D eigenvalue weighted by Crippen LogP contribution is -2.53. The van der Waals surface area contributed by atoms with Crippen molar-refractivity contribution in [2.75, 3.05) is 44.8 Å². The smallest absolute Gasteiger partial charge is 0.244 e. The Morgan fingerprint density at radius 2 is 1.85 bits per heavy atom. The quantitative estimate of drug-likeness (QED) is 0.803. The van der Waals surface area contributed by atoms with Gasteiger partial charge in [0.2, 0.25) is 5.91 Å². The van der Waals surface area contributed by atoms with E-state index in [0.717, 1.165) is 32.0 Å². The van der Waals surface area contributed by atoms with Gasteiger partial charge in [-0.05, 0) is 31.5 Å². The Hall–Kier alpha value is -0.890. The average Bonchev–Trinajstić information content (AvgIpc) is 2.63. The molecular weight excluding hydrogens is 377 g/mol. The Morgan fingerprint density at radius 3 is 2.46 bits per heavy atom. The zero-order valence-corrected chi connectivity index (χ0v) is 16.9. The van der Waals surface area contributed by atoms with Crippen molar-refractivity contribution < 1.29 is 14.3 Å². The van der Waals surface area contributed by atoms with Crippen molar-refractivity contribution in [2.45, 2.75) is 32.0 Å². The summed E-state index contributed by atoms with van der Waals surface area (Å²) in [7, 11) is 0. The molecule has 148 valence electrons. The average molecular weight is 406 g/mol. The van der Waals surface area contributed by atoms with Crippen LogP contribution in [0.5, 0.6) is 0 Å². The van der Waals surface area contributed by atoms with Crippen LogP contribution in [-0.2, 0) is 14.3 Å². The molecule has 0 spiro atoms. The molecule has 2 N–H and O–H groups in total. The minimum absolute atomic E-state index is 0. The highest BCUT2D eigenvalue weighted by Crippen LogP contribution is 2.23. The van der Waals surface area contributed by atoms with Crippen LogP contribution in [0.15, 0.2) is 24.3 Å². The van der Waals surface area contributed by atoms with Crippen LogP contribution < -0.4 is 10.6 Å². The summed E-state index contributed by atoms with van der Waals surface area (Å²) in [6.45, 7) is 9.01. The first-order valence-electron chi connectivity index (χ1n) is 8.73. The third kappa shape index (κ3) is 5.81. The molecule has 1 unspecified atom stereocenters. The zero-order chi connectivity index (χ0) is 16.9. The molecule has 1 aromatic carbocycles. The van der Waals surface area contributed by atoms with Crippen LogP contribution in [0.25, 0.3) is 0 Å². The van der Waals surface area contributed by atoms with Gasteiger partial charge in [-0.2, -0.15) is 0 Å². The fourth-order valence-electron chi connectivity index (χ4n) is 3.27. The number of hydrogen-bond acceptors (Lipinski definition) is 5. The van der Waals surface area contributed by atoms with Crippen molar-refractivity contribution in [3.05, 3.63) is 29.8 Å². The van der Waals surface area contributed by atoms with Crippen molar-refractivity contribution in [3.63, 3.8) is 0 Å². The number of rotatable bonds is 4. The van der Waals surface area contributed by atoms with Crippen molar-refractivity contribution in [1.82, 2.24) is 10.2 Å². The molecule has 2 aliphatic rings. The monoisotopic (exact) mass is 405 g/mol. The van der Waals surface area contributed by atoms with Crippen molar-refractivity contribution in [2.24, 2.45) is 0 Å². The van der Waals surface area contributed by atoms with E-state index in [0.29, 0.717) is 19.2 Å². The van der Waals surface area contributed by atoms with Crippen LogP contribution in [0, 0.1) is 0 Å². The first kappa shape index (κ1) is 23.1. The van der Waals surface area contributed by atoms with Gasteiger partial charge in [0.15, 0.2) is 0 Å². The summed E-state index contributed by atoms with van der Waals surface area (Å²) in [5, 5.41) is 6.18. The third-order valence-electron chi connectivity index (χ3n) is 4.85. The van der Waals surface area contributed by atoms with Crippen molar-refractivity contribution in [3.8, 4) is 0 Å². The summed E-state index contributed by atoms with van der Waals surface area (Å²) >= 11 is 0. The number of benzene rings is 1. The predicted octanol–water partition coefficient (Wildman–Crippen LogP) is 2.24. The normalized spacial score (nSPS) is 24.7. The number of carbonyl (C=O) groups is 1. The summed E-state index contributed by atoms with van der Waals surface area (Å²) in [6, 6.07) is 8.17. The molecule has 0 aromatic heterocycles. The highest BCUT2D eigenvalue weighted by molar-refractivity contribution is 5.95. The van der Waals surface area contributed by atoms with Crippen molar-refractivity contribution in [1.29, 1.82) is 0 Å². The summed E-state index contributed by atoms with van der Waals surface area (Å²) in [4.78, 5) is 14.8. The van der Waals surface area contributed by atoms with Crippen LogP contribution >= 0.6 is 24.8 Å². The van der Waals surface area contributed by atoms with Gasteiger partial charge in [0.05, 0.1) is 25.9 Å². The van der Waals surface area contributed by atoms with Crippen LogP contribution in [0.2, 0.25) is 0 Å². The minimum atomic E-state index is -0.300. The molecule has 2 saturated heterocycles. The zero-order valence-electron chi connectivity index (χ0n) is 15.3. The molecule has 1 aromatic rings. The molecule has 0 radical (unpaired) electrons. The number of ether oxygens (including phenoxy) is 2. The maximum absolute atomic E-state index is 12.4. The molecule has 0 aliphatic carbocycles. The van der Waals surface area contributed by atoms with E-state index < -0.39 is 0 Å². The second-order valence-corrected chi connectivity index (χ2v) is 6.44. The summed E-state index contributed by atoms with van der Waals surface area (Å²) in [6.07, 6.45) is -0.112. The number of hydrogen-bond donors (Lipinski definition) is 2. The van der Waals surface area contributed by atoms with Gasteiger partial charge in [-0.15, -0.1) is 24.8 Å². The van der Waals surface area contributed by atoms with Crippen LogP contribution in [-0.4, -0.2) is 62.4 Å². The molecule has 2 heterocycles. The maximum atomic E-state index is 12.4. The van der Waals surface area contributed by atoms with Gasteiger partial charge in [-0.25, -0.2) is 0 Å². The molecule has 1 amide bonds. The number of carbonyl (C=O) groups excluding carboxylic acids is 1. The lowest BCUT2D eigenvalue weighted by molar-refractivity contribution is -0.123. The van der Waals surface area contributed by atoms with E-state index in [1.807, 2.05) is 19.1 Å². The lowest BCUT2D eigenvalue weighted by atomic mass is 10.1. The molecule has 3 rings (SSSR count). The van der Waals surface area contributed by atoms with E-state index in [1.54, 1.807) is 0 Å². The molecule has 3 atom stereocenters. The van der Waals surface area contributed by atoms with E-state index in [-0.39, 0.29) is 42.9 Å². The SMILES string of the molecule is CC(c1ccc(NC(=O)[C@H]2NCCO[C@@H]2C)cc1)N1CCOCC1.Cl.Cl. The first-order valence-corrected chi connectivity index (χ1v) is 8.73. The van der Waals surface area contributed by atoms with Gasteiger partial charge in [0, 0.05) is 31.4 Å². The molecular formula is C18H29Cl2N3O3. The summed E-state index contributed by atoms with van der Waals surface area (Å²) < 4.78 is 10.9. The largest absolute Gasteiger partial charge is 0.379 e. The fourth-order valence-corrected chi connectivity index (χ4v) is 3.27. The summed E-state index contributed by atoms with van der Waals surface area (Å²) in [5.41, 5.74) is 2.07. The fraction of sp³-hybridized carbons (Fsp3) is 0.611. The van der Waals surface area contributed by atoms with Gasteiger partial charge in [-0.3, -0.25) is 9.69 Å². The van der Waals surface area contributed by atoms with Crippen LogP contribution in [0.3, 0.4) is 0 Å². The lowest BCUT2D eigenvalue weighted by Gasteiger charge is -2.32. The van der Waals surface area contributed by atoms with Crippen molar-refractivity contribution >= 4 is 36.4 Å². The molecule has 2 aliphatic heterocycles. The molecule has 6 nitrogen and oxygen atoms in total. The number of nitrogens with one attached hydrogen (secondary N) is 2. The highest BCUT2D eigenvalue weighted by Gasteiger charge is 2.28. The highest BCUT2D eigenvalue weighted by atomic mass is 35.5. The number of amides is 1. The van der Waals surface area contributed by atoms with Gasteiger partial charge < -0.3 is 20.1 Å². The minimum Gasteiger partial charge on any atom is -0.379 e. The Morgan fingerprint density at radius 1 is 1.19 bits per heavy atom. The van der Waals surface area contributed by atoms with Gasteiger partial charge in [-0.1, -0.05) is 12.1 Å². The molecule has 26 heavy (non-hydrogen) atoms. The molecule has 0 bridgehead atoms. The topological polar surface area (TPSA) is 62.8 Å². The van der Waals surface area contributed by atoms with E-state index in [1.165, 1.54) is 5.56 Å². The molecule has 2 fully saturated rings. The summed E-state index contributed by atoms with van der Waals surface area (Å²) in [5.74, 6) is -0.0452. The van der Waals surface area contributed by atoms with Crippen LogP contribution in [0.4, 0.5) is 5.69 Å². The van der Waals surface area contributed by atoms with E-state index in [4.69, 9.17) is 9.47 Å². The second-order valence-electron chi connectivity index (χ2n) is 6.44. The molecule has 8 heteroatoms.